The fourth-order valence-electron chi connectivity index (χ4n) is 1.60. The molecule has 2 atom stereocenters. The summed E-state index contributed by atoms with van der Waals surface area (Å²) in [4.78, 5) is 11.6. The molecule has 0 aliphatic rings. The van der Waals surface area contributed by atoms with Crippen LogP contribution in [-0.2, 0) is 14.3 Å². The predicted octanol–water partition coefficient (Wildman–Crippen LogP) is 2.01. The Morgan fingerprint density at radius 1 is 1.26 bits per heavy atom. The molecule has 2 unspecified atom stereocenters. The zero-order valence-corrected chi connectivity index (χ0v) is 11.1. The zero-order valence-electron chi connectivity index (χ0n) is 11.1. The van der Waals surface area contributed by atoms with Gasteiger partial charge in [0.1, 0.15) is 11.7 Å². The van der Waals surface area contributed by atoms with E-state index in [-0.39, 0.29) is 5.76 Å². The lowest BCUT2D eigenvalue weighted by molar-refractivity contribution is -0.148. The maximum absolute atomic E-state index is 11.6. The summed E-state index contributed by atoms with van der Waals surface area (Å²) in [5.74, 6) is -1.36. The van der Waals surface area contributed by atoms with Gasteiger partial charge in [0.25, 0.3) is 0 Å². The summed E-state index contributed by atoms with van der Waals surface area (Å²) in [6.45, 7) is 3.60. The van der Waals surface area contributed by atoms with Crippen LogP contribution in [0.15, 0.2) is 48.7 Å². The van der Waals surface area contributed by atoms with Crippen LogP contribution in [0.3, 0.4) is 0 Å². The maximum atomic E-state index is 11.6. The van der Waals surface area contributed by atoms with E-state index < -0.39 is 18.0 Å². The minimum atomic E-state index is -1.06. The molecule has 4 heteroatoms. The highest BCUT2D eigenvalue weighted by molar-refractivity contribution is 5.76. The second-order valence-electron chi connectivity index (χ2n) is 3.93. The van der Waals surface area contributed by atoms with Crippen molar-refractivity contribution >= 4 is 12.0 Å². The van der Waals surface area contributed by atoms with E-state index in [1.807, 2.05) is 30.3 Å². The van der Waals surface area contributed by atoms with Crippen molar-refractivity contribution in [2.24, 2.45) is 5.92 Å². The smallest absolute Gasteiger partial charge is 0.319 e. The number of benzene rings is 1. The van der Waals surface area contributed by atoms with E-state index in [0.29, 0.717) is 0 Å². The molecule has 0 fully saturated rings. The summed E-state index contributed by atoms with van der Waals surface area (Å²) in [7, 11) is 2.65. The van der Waals surface area contributed by atoms with Crippen LogP contribution in [0.4, 0.5) is 0 Å². The molecule has 19 heavy (non-hydrogen) atoms. The van der Waals surface area contributed by atoms with Gasteiger partial charge in [0, 0.05) is 0 Å². The molecule has 0 saturated carbocycles. The molecule has 0 heterocycles. The van der Waals surface area contributed by atoms with Gasteiger partial charge in [0.15, 0.2) is 0 Å². The number of hydrogen-bond donors (Lipinski definition) is 1. The van der Waals surface area contributed by atoms with E-state index in [4.69, 9.17) is 4.74 Å². The zero-order chi connectivity index (χ0) is 14.3. The Balaban J connectivity index is 2.83. The van der Waals surface area contributed by atoms with Crippen LogP contribution < -0.4 is 0 Å². The third-order valence-electron chi connectivity index (χ3n) is 2.69. The highest BCUT2D eigenvalue weighted by Crippen LogP contribution is 2.18. The molecule has 0 amide bonds. The van der Waals surface area contributed by atoms with E-state index >= 15 is 0 Å². The monoisotopic (exact) mass is 262 g/mol. The van der Waals surface area contributed by atoms with Gasteiger partial charge in [0.05, 0.1) is 20.3 Å². The van der Waals surface area contributed by atoms with Crippen molar-refractivity contribution in [2.75, 3.05) is 14.2 Å². The quantitative estimate of drug-likeness (QED) is 0.629. The Kier molecular flexibility index (Phi) is 5.82. The molecule has 0 aliphatic heterocycles. The van der Waals surface area contributed by atoms with E-state index in [9.17, 15) is 9.90 Å². The van der Waals surface area contributed by atoms with Gasteiger partial charge in [-0.05, 0) is 5.56 Å². The minimum Gasteiger partial charge on any atom is -0.501 e. The molecule has 0 spiro atoms. The highest BCUT2D eigenvalue weighted by Gasteiger charge is 2.29. The Bertz CT molecular complexity index is 434. The van der Waals surface area contributed by atoms with Crippen molar-refractivity contribution in [1.29, 1.82) is 0 Å². The fourth-order valence-corrected chi connectivity index (χ4v) is 1.60. The summed E-state index contributed by atoms with van der Waals surface area (Å²) in [6, 6.07) is 9.46. The molecule has 0 saturated heterocycles. The molecule has 0 bridgehead atoms. The largest absolute Gasteiger partial charge is 0.501 e. The first kappa shape index (κ1) is 15.0. The molecular weight excluding hydrogens is 244 g/mol. The van der Waals surface area contributed by atoms with Crippen molar-refractivity contribution in [2.45, 2.75) is 6.10 Å². The molecular formula is C15H18O4. The molecule has 0 aromatic heterocycles. The maximum Gasteiger partial charge on any atom is 0.319 e. The summed E-state index contributed by atoms with van der Waals surface area (Å²) in [5, 5.41) is 10.0. The predicted molar refractivity (Wildman–Crippen MR) is 73.1 cm³/mol. The van der Waals surface area contributed by atoms with E-state index in [0.717, 1.165) is 5.56 Å². The Morgan fingerprint density at radius 2 is 1.89 bits per heavy atom. The number of aliphatic hydroxyl groups excluding tert-OH is 1. The first-order valence-electron chi connectivity index (χ1n) is 5.82. The second-order valence-corrected chi connectivity index (χ2v) is 3.93. The van der Waals surface area contributed by atoms with Gasteiger partial charge in [0.2, 0.25) is 0 Å². The van der Waals surface area contributed by atoms with Crippen LogP contribution in [0, 0.1) is 5.92 Å². The normalized spacial score (nSPS) is 13.8. The van der Waals surface area contributed by atoms with Gasteiger partial charge >= 0.3 is 5.97 Å². The summed E-state index contributed by atoms with van der Waals surface area (Å²) >= 11 is 0. The lowest BCUT2D eigenvalue weighted by atomic mass is 9.99. The molecule has 1 aromatic carbocycles. The third kappa shape index (κ3) is 4.26. The van der Waals surface area contributed by atoms with Crippen LogP contribution in [-0.4, -0.2) is 31.4 Å². The van der Waals surface area contributed by atoms with Crippen molar-refractivity contribution < 1.29 is 19.4 Å². The average Bonchev–Trinajstić information content (AvgIpc) is 2.45. The number of methoxy groups -OCH3 is 2. The molecule has 102 valence electrons. The Hall–Kier alpha value is -2.07. The van der Waals surface area contributed by atoms with Crippen molar-refractivity contribution in [3.63, 3.8) is 0 Å². The number of aliphatic hydroxyl groups is 1. The second kappa shape index (κ2) is 7.38. The Morgan fingerprint density at radius 3 is 2.42 bits per heavy atom. The van der Waals surface area contributed by atoms with E-state index in [1.165, 1.54) is 20.3 Å². The van der Waals surface area contributed by atoms with Crippen LogP contribution >= 0.6 is 0 Å². The van der Waals surface area contributed by atoms with Gasteiger partial charge in [-0.1, -0.05) is 49.1 Å². The fraction of sp³-hybridized carbons (Fsp3) is 0.267. The van der Waals surface area contributed by atoms with E-state index in [1.54, 1.807) is 6.08 Å². The van der Waals surface area contributed by atoms with Crippen LogP contribution in [0.2, 0.25) is 0 Å². The number of carbonyl (C=O) groups is 1. The topological polar surface area (TPSA) is 55.8 Å². The van der Waals surface area contributed by atoms with Gasteiger partial charge in [-0.15, -0.1) is 0 Å². The highest BCUT2D eigenvalue weighted by atomic mass is 16.5. The molecule has 0 radical (unpaired) electrons. The van der Waals surface area contributed by atoms with E-state index in [2.05, 4.69) is 11.3 Å². The van der Waals surface area contributed by atoms with Gasteiger partial charge in [-0.2, -0.15) is 0 Å². The Labute approximate surface area is 113 Å². The summed E-state index contributed by atoms with van der Waals surface area (Å²) in [6.07, 6.45) is 2.19. The molecule has 0 aliphatic carbocycles. The third-order valence-corrected chi connectivity index (χ3v) is 2.69. The average molecular weight is 262 g/mol. The number of hydrogen-bond acceptors (Lipinski definition) is 4. The lowest BCUT2D eigenvalue weighted by Gasteiger charge is -2.19. The number of esters is 1. The van der Waals surface area contributed by atoms with Gasteiger partial charge in [-0.25, -0.2) is 0 Å². The van der Waals surface area contributed by atoms with Crippen LogP contribution in [0.1, 0.15) is 5.56 Å². The lowest BCUT2D eigenvalue weighted by Crippen LogP contribution is -2.30. The molecule has 1 aromatic rings. The standard InChI is InChI=1S/C15H18O4/c1-11(18-2)14(15(17)19-3)13(16)10-9-12-7-5-4-6-8-12/h4-10,13-14,16H,1H2,2-3H3/b10-9+. The summed E-state index contributed by atoms with van der Waals surface area (Å²) < 4.78 is 9.55. The van der Waals surface area contributed by atoms with Crippen molar-refractivity contribution in [3.05, 3.63) is 54.3 Å². The first-order chi connectivity index (χ1) is 9.10. The number of ether oxygens (including phenoxy) is 2. The summed E-state index contributed by atoms with van der Waals surface area (Å²) in [5.41, 5.74) is 0.924. The first-order valence-corrected chi connectivity index (χ1v) is 5.82. The molecule has 1 rings (SSSR count). The number of carbonyl (C=O) groups excluding carboxylic acids is 1. The van der Waals surface area contributed by atoms with Crippen LogP contribution in [0.5, 0.6) is 0 Å². The van der Waals surface area contributed by atoms with Crippen molar-refractivity contribution in [1.82, 2.24) is 0 Å². The van der Waals surface area contributed by atoms with Crippen molar-refractivity contribution in [3.8, 4) is 0 Å². The van der Waals surface area contributed by atoms with Crippen LogP contribution in [0.25, 0.3) is 6.08 Å². The number of rotatable bonds is 6. The molecule has 4 nitrogen and oxygen atoms in total. The van der Waals surface area contributed by atoms with Gasteiger partial charge < -0.3 is 14.6 Å². The minimum absolute atomic E-state index is 0.164. The van der Waals surface area contributed by atoms with Gasteiger partial charge in [-0.3, -0.25) is 4.79 Å². The molecule has 1 N–H and O–H groups in total. The SMILES string of the molecule is C=C(OC)C(C(=O)OC)C(O)/C=C/c1ccccc1.